The fraction of sp³-hybridized carbons (Fsp3) is 0.667. The maximum Gasteiger partial charge on any atom is 0.0948 e. The van der Waals surface area contributed by atoms with Gasteiger partial charge in [0.2, 0.25) is 0 Å². The molecule has 0 aromatic heterocycles. The maximum absolute atomic E-state index is 10.8. The van der Waals surface area contributed by atoms with Crippen molar-refractivity contribution in [1.82, 2.24) is 4.90 Å². The van der Waals surface area contributed by atoms with E-state index in [-0.39, 0.29) is 6.10 Å². The third-order valence-corrected chi connectivity index (χ3v) is 5.52. The van der Waals surface area contributed by atoms with Gasteiger partial charge in [-0.3, -0.25) is 4.90 Å². The summed E-state index contributed by atoms with van der Waals surface area (Å²) in [6, 6.07) is 9.28. The van der Waals surface area contributed by atoms with E-state index in [2.05, 4.69) is 49.9 Å². The molecular weight excluding hydrogens is 246 g/mol. The third kappa shape index (κ3) is 2.40. The van der Waals surface area contributed by atoms with Gasteiger partial charge in [0, 0.05) is 18.6 Å². The van der Waals surface area contributed by atoms with Crippen LogP contribution in [0.1, 0.15) is 50.8 Å². The van der Waals surface area contributed by atoms with E-state index in [0.29, 0.717) is 12.1 Å². The molecule has 110 valence electrons. The molecule has 0 spiro atoms. The van der Waals surface area contributed by atoms with Crippen LogP contribution in [0.25, 0.3) is 0 Å². The van der Waals surface area contributed by atoms with Crippen molar-refractivity contribution in [2.45, 2.75) is 58.2 Å². The van der Waals surface area contributed by atoms with Crippen LogP contribution in [-0.4, -0.2) is 28.6 Å². The highest BCUT2D eigenvalue weighted by molar-refractivity contribution is 5.32. The molecular formula is C18H27NO. The average molecular weight is 273 g/mol. The molecule has 1 saturated heterocycles. The number of nitrogens with zero attached hydrogens (tertiary/aromatic N) is 1. The number of aliphatic hydroxyl groups excluding tert-OH is 1. The second-order valence-corrected chi connectivity index (χ2v) is 7.01. The van der Waals surface area contributed by atoms with Crippen molar-refractivity contribution in [3.8, 4) is 0 Å². The van der Waals surface area contributed by atoms with Crippen molar-refractivity contribution in [1.29, 1.82) is 0 Å². The van der Waals surface area contributed by atoms with E-state index < -0.39 is 0 Å². The Kier molecular flexibility index (Phi) is 3.87. The average Bonchev–Trinajstić information content (AvgIpc) is 2.44. The first-order valence-corrected chi connectivity index (χ1v) is 8.09. The van der Waals surface area contributed by atoms with Crippen LogP contribution in [-0.2, 0) is 6.42 Å². The first kappa shape index (κ1) is 14.1. The molecule has 0 saturated carbocycles. The lowest BCUT2D eigenvalue weighted by molar-refractivity contribution is -0.0284. The standard InChI is InChI=1S/C18H27NO/c1-12-10-13(2)14(3)19(11-12)17-9-8-15-6-4-5-7-16(15)18(17)20/h4-7,12-14,17-18,20H,8-11H2,1-3H3. The van der Waals surface area contributed by atoms with Crippen LogP contribution in [0, 0.1) is 11.8 Å². The lowest BCUT2D eigenvalue weighted by atomic mass is 9.80. The zero-order valence-electron chi connectivity index (χ0n) is 12.9. The number of aryl methyl sites for hydroxylation is 1. The lowest BCUT2D eigenvalue weighted by Gasteiger charge is -2.48. The minimum Gasteiger partial charge on any atom is -0.387 e. The number of benzene rings is 1. The number of likely N-dealkylation sites (tertiary alicyclic amines) is 1. The Bertz CT molecular complexity index is 472. The van der Waals surface area contributed by atoms with Gasteiger partial charge in [-0.15, -0.1) is 0 Å². The molecule has 20 heavy (non-hydrogen) atoms. The van der Waals surface area contributed by atoms with E-state index in [1.54, 1.807) is 0 Å². The highest BCUT2D eigenvalue weighted by atomic mass is 16.3. The summed E-state index contributed by atoms with van der Waals surface area (Å²) in [5, 5.41) is 10.8. The van der Waals surface area contributed by atoms with Gasteiger partial charge in [-0.2, -0.15) is 0 Å². The number of piperidine rings is 1. The second kappa shape index (κ2) is 5.50. The summed E-state index contributed by atoms with van der Waals surface area (Å²) < 4.78 is 0. The van der Waals surface area contributed by atoms with Crippen LogP contribution in [0.5, 0.6) is 0 Å². The van der Waals surface area contributed by atoms with Gasteiger partial charge in [-0.1, -0.05) is 38.1 Å². The van der Waals surface area contributed by atoms with Gasteiger partial charge in [0.25, 0.3) is 0 Å². The van der Waals surface area contributed by atoms with E-state index in [0.717, 1.165) is 36.8 Å². The highest BCUT2D eigenvalue weighted by Crippen LogP contribution is 2.37. The van der Waals surface area contributed by atoms with Crippen LogP contribution in [0.2, 0.25) is 0 Å². The van der Waals surface area contributed by atoms with Crippen molar-refractivity contribution in [2.75, 3.05) is 6.54 Å². The number of fused-ring (bicyclic) bond motifs is 1. The van der Waals surface area contributed by atoms with Crippen LogP contribution < -0.4 is 0 Å². The number of aliphatic hydroxyl groups is 1. The Hall–Kier alpha value is -0.860. The first-order valence-electron chi connectivity index (χ1n) is 8.09. The van der Waals surface area contributed by atoms with Gasteiger partial charge in [0.15, 0.2) is 0 Å². The summed E-state index contributed by atoms with van der Waals surface area (Å²) in [5.74, 6) is 1.47. The molecule has 1 N–H and O–H groups in total. The second-order valence-electron chi connectivity index (χ2n) is 7.01. The van der Waals surface area contributed by atoms with Gasteiger partial charge in [0.05, 0.1) is 6.10 Å². The molecule has 0 radical (unpaired) electrons. The molecule has 0 bridgehead atoms. The molecule has 5 unspecified atom stereocenters. The zero-order valence-corrected chi connectivity index (χ0v) is 12.9. The smallest absolute Gasteiger partial charge is 0.0948 e. The minimum absolute atomic E-state index is 0.296. The fourth-order valence-corrected chi connectivity index (χ4v) is 4.26. The molecule has 1 aliphatic heterocycles. The summed E-state index contributed by atoms with van der Waals surface area (Å²) in [5.41, 5.74) is 2.49. The molecule has 2 heteroatoms. The Balaban J connectivity index is 1.84. The van der Waals surface area contributed by atoms with Crippen LogP contribution in [0.3, 0.4) is 0 Å². The molecule has 1 heterocycles. The first-order chi connectivity index (χ1) is 9.58. The third-order valence-electron chi connectivity index (χ3n) is 5.52. The summed E-state index contributed by atoms with van der Waals surface area (Å²) in [4.78, 5) is 2.58. The Morgan fingerprint density at radius 3 is 2.70 bits per heavy atom. The summed E-state index contributed by atoms with van der Waals surface area (Å²) in [6.45, 7) is 8.17. The van der Waals surface area contributed by atoms with Crippen LogP contribution in [0.4, 0.5) is 0 Å². The van der Waals surface area contributed by atoms with Crippen LogP contribution >= 0.6 is 0 Å². The van der Waals surface area contributed by atoms with Gasteiger partial charge in [-0.25, -0.2) is 0 Å². The topological polar surface area (TPSA) is 23.5 Å². The zero-order chi connectivity index (χ0) is 14.3. The van der Waals surface area contributed by atoms with Crippen LogP contribution in [0.15, 0.2) is 24.3 Å². The number of hydrogen-bond acceptors (Lipinski definition) is 2. The molecule has 2 nitrogen and oxygen atoms in total. The van der Waals surface area contributed by atoms with E-state index in [4.69, 9.17) is 0 Å². The molecule has 2 aliphatic rings. The predicted octanol–water partition coefficient (Wildman–Crippen LogP) is 3.40. The molecule has 1 aliphatic carbocycles. The summed E-state index contributed by atoms with van der Waals surface area (Å²) in [6.07, 6.45) is 3.18. The Labute approximate surface area is 122 Å². The van der Waals surface area contributed by atoms with E-state index in [9.17, 15) is 5.11 Å². The maximum atomic E-state index is 10.8. The van der Waals surface area contributed by atoms with Crippen molar-refractivity contribution >= 4 is 0 Å². The predicted molar refractivity (Wildman–Crippen MR) is 82.6 cm³/mol. The van der Waals surface area contributed by atoms with E-state index in [1.165, 1.54) is 12.0 Å². The highest BCUT2D eigenvalue weighted by Gasteiger charge is 2.38. The minimum atomic E-state index is -0.320. The largest absolute Gasteiger partial charge is 0.387 e. The molecule has 1 aromatic carbocycles. The molecule has 1 fully saturated rings. The van der Waals surface area contributed by atoms with Crippen molar-refractivity contribution in [3.63, 3.8) is 0 Å². The summed E-state index contributed by atoms with van der Waals surface area (Å²) in [7, 11) is 0. The van der Waals surface area contributed by atoms with E-state index >= 15 is 0 Å². The van der Waals surface area contributed by atoms with Crippen molar-refractivity contribution in [2.24, 2.45) is 11.8 Å². The number of hydrogen-bond donors (Lipinski definition) is 1. The van der Waals surface area contributed by atoms with Gasteiger partial charge in [-0.05, 0) is 49.1 Å². The van der Waals surface area contributed by atoms with Crippen molar-refractivity contribution < 1.29 is 5.11 Å². The molecule has 0 amide bonds. The monoisotopic (exact) mass is 273 g/mol. The van der Waals surface area contributed by atoms with Gasteiger partial charge in [0.1, 0.15) is 0 Å². The molecule has 5 atom stereocenters. The quantitative estimate of drug-likeness (QED) is 0.847. The lowest BCUT2D eigenvalue weighted by Crippen LogP contribution is -2.53. The molecule has 1 aromatic rings. The fourth-order valence-electron chi connectivity index (χ4n) is 4.26. The number of rotatable bonds is 1. The van der Waals surface area contributed by atoms with Gasteiger partial charge >= 0.3 is 0 Å². The van der Waals surface area contributed by atoms with Gasteiger partial charge < -0.3 is 5.11 Å². The summed E-state index contributed by atoms with van der Waals surface area (Å²) >= 11 is 0. The normalized spacial score (nSPS) is 38.5. The Morgan fingerprint density at radius 1 is 1.15 bits per heavy atom. The molecule has 3 rings (SSSR count). The SMILES string of the molecule is CC1CC(C)C(C)N(C2CCc3ccccc3C2O)C1. The Morgan fingerprint density at radius 2 is 1.90 bits per heavy atom. The van der Waals surface area contributed by atoms with Crippen molar-refractivity contribution in [3.05, 3.63) is 35.4 Å². The van der Waals surface area contributed by atoms with E-state index in [1.807, 2.05) is 0 Å².